The first-order valence-electron chi connectivity index (χ1n) is 35.9. The van der Waals surface area contributed by atoms with Crippen molar-refractivity contribution in [2.24, 2.45) is 34.8 Å². The van der Waals surface area contributed by atoms with E-state index in [1.54, 1.807) is 76.2 Å². The molecule has 0 fully saturated rings. The van der Waals surface area contributed by atoms with Crippen LogP contribution < -0.4 is 86.7 Å². The summed E-state index contributed by atoms with van der Waals surface area (Å²) >= 11 is 0. The third kappa shape index (κ3) is 34.0. The highest BCUT2D eigenvalue weighted by atomic mass is 16.3. The van der Waals surface area contributed by atoms with Crippen LogP contribution in [-0.4, -0.2) is 177 Å². The third-order valence-corrected chi connectivity index (χ3v) is 17.1. The Hall–Kier alpha value is -11.7. The van der Waals surface area contributed by atoms with Crippen molar-refractivity contribution in [1.82, 2.24) is 63.8 Å². The largest absolute Gasteiger partial charge is 0.508 e. The molecule has 0 saturated heterocycles. The lowest BCUT2D eigenvalue weighted by Gasteiger charge is -2.27. The van der Waals surface area contributed by atoms with Crippen LogP contribution in [0.3, 0.4) is 0 Å². The first-order valence-corrected chi connectivity index (χ1v) is 35.9. The highest BCUT2D eigenvalue weighted by molar-refractivity contribution is 5.98. The SMILES string of the molecule is CC(C)C[C@H](NC(=O)[C@H](C)NC(=O)[C@H](Cc1ccc(O)cc1)NC(=O)CCCCCCC(=O)N[C@@H](Cc1ccc(O)cc1)C(=O)N[C@@H](C)C(=O)N[C@@H](CC(C)C)C(=O)N[C@@H](CCCNC(=N)N)C(=O)N[C@@H](Cc1ccc(O)cc1)C(N)=O)C(=O)N[C@@H](CCCNC(=N)N)C(=O)N[C@@H](Cc1ccc(O)cc1)C(N)=O. The number of aromatic hydroxyl groups is 4. The molecule has 0 heterocycles. The minimum absolute atomic E-state index is 0.0144. The van der Waals surface area contributed by atoms with Gasteiger partial charge in [0.05, 0.1) is 0 Å². The third-order valence-electron chi connectivity index (χ3n) is 17.1. The van der Waals surface area contributed by atoms with Crippen molar-refractivity contribution in [3.8, 4) is 23.0 Å². The van der Waals surface area contributed by atoms with E-state index in [1.165, 1.54) is 62.4 Å². The molecule has 4 rings (SSSR count). The fourth-order valence-electron chi connectivity index (χ4n) is 11.2. The zero-order chi connectivity index (χ0) is 80.2. The van der Waals surface area contributed by atoms with E-state index in [0.29, 0.717) is 47.9 Å². The van der Waals surface area contributed by atoms with Crippen molar-refractivity contribution in [2.75, 3.05) is 13.1 Å². The smallest absolute Gasteiger partial charge is 0.243 e. The minimum atomic E-state index is -1.30. The van der Waals surface area contributed by atoms with Crippen LogP contribution >= 0.6 is 0 Å². The van der Waals surface area contributed by atoms with Gasteiger partial charge in [0.25, 0.3) is 0 Å². The molecular weight excluding hydrogens is 1400 g/mol. The topological polar surface area (TPSA) is 582 Å². The number of amides is 12. The molecule has 0 radical (unpaired) electrons. The van der Waals surface area contributed by atoms with Crippen molar-refractivity contribution < 1.29 is 78.0 Å². The van der Waals surface area contributed by atoms with Crippen LogP contribution in [0.15, 0.2) is 97.1 Å². The fourth-order valence-corrected chi connectivity index (χ4v) is 11.2. The highest BCUT2D eigenvalue weighted by Gasteiger charge is 2.35. The molecule has 4 aromatic rings. The molecule has 0 spiro atoms. The molecule has 0 saturated carbocycles. The molecule has 26 N–H and O–H groups in total. The second-order valence-electron chi connectivity index (χ2n) is 27.5. The average molecular weight is 1510 g/mol. The Balaban J connectivity index is 1.38. The predicted octanol–water partition coefficient (Wildman–Crippen LogP) is -0.403. The molecule has 108 heavy (non-hydrogen) atoms. The minimum Gasteiger partial charge on any atom is -0.508 e. The number of hydrogen-bond donors (Lipinski definition) is 22. The Bertz CT molecular complexity index is 3440. The van der Waals surface area contributed by atoms with Gasteiger partial charge < -0.3 is 107 Å². The second kappa shape index (κ2) is 45.6. The van der Waals surface area contributed by atoms with E-state index in [4.69, 9.17) is 33.8 Å². The monoisotopic (exact) mass is 1500 g/mol. The van der Waals surface area contributed by atoms with E-state index in [0.717, 1.165) is 0 Å². The standard InChI is InChI=1S/C74H108N18O16/c1-41(2)35-57(71(107)87-53(13-11-33-81-73(77)78)67(103)89-55(63(75)99)37-45-17-25-49(93)26-18-45)91-65(101)43(5)83-69(105)59(39-47-21-29-51(95)30-22-47)85-61(97)15-9-7-8-10-16-62(98)86-60(40-48-23-31-52(96)32-24-48)70(106)84-44(6)66(102)92-58(36-42(3)4)72(108)88-54(14-12-34-82-74(79)80)68(104)90-56(64(76)100)38-46-19-27-50(94)28-20-46/h17-32,41-44,53-60,93-96H,7-16,33-40H2,1-6H3,(H2,75,99)(H2,76,100)(H,83,105)(H,84,106)(H,85,97)(H,86,98)(H,87,107)(H,88,108)(H,89,103)(H,90,104)(H,91,101)(H,92,102)(H4,77,78,81)(H4,79,80,82)/t43-,44-,53-,54-,55-,56-,57-,58-,59-,60-/m0/s1. The summed E-state index contributed by atoms with van der Waals surface area (Å²) in [6, 6.07) is 11.0. The first-order chi connectivity index (χ1) is 51.0. The Morgan fingerprint density at radius 3 is 0.833 bits per heavy atom. The van der Waals surface area contributed by atoms with Gasteiger partial charge >= 0.3 is 0 Å². The van der Waals surface area contributed by atoms with Crippen LogP contribution in [0.4, 0.5) is 0 Å². The number of nitrogens with one attached hydrogen (secondary N) is 14. The summed E-state index contributed by atoms with van der Waals surface area (Å²) in [7, 11) is 0. The van der Waals surface area contributed by atoms with Gasteiger partial charge in [-0.15, -0.1) is 0 Å². The number of phenolic OH excluding ortho intramolecular Hbond substituents is 4. The van der Waals surface area contributed by atoms with E-state index in [2.05, 4.69) is 63.8 Å². The molecule has 10 atom stereocenters. The van der Waals surface area contributed by atoms with Gasteiger partial charge in [0.2, 0.25) is 70.9 Å². The van der Waals surface area contributed by atoms with Crippen LogP contribution in [0, 0.1) is 22.7 Å². The Kier molecular flexibility index (Phi) is 37.4. The van der Waals surface area contributed by atoms with E-state index in [1.807, 2.05) is 0 Å². The molecule has 0 aromatic heterocycles. The molecule has 34 nitrogen and oxygen atoms in total. The summed E-state index contributed by atoms with van der Waals surface area (Å²) in [5, 5.41) is 86.3. The summed E-state index contributed by atoms with van der Waals surface area (Å²) in [4.78, 5) is 164. The molecule has 34 heteroatoms. The molecule has 0 aliphatic carbocycles. The number of hydrogen-bond acceptors (Lipinski definition) is 18. The summed E-state index contributed by atoms with van der Waals surface area (Å²) in [6.45, 7) is 10.2. The number of benzene rings is 4. The van der Waals surface area contributed by atoms with Crippen LogP contribution in [0.1, 0.15) is 141 Å². The number of guanidine groups is 2. The lowest BCUT2D eigenvalue weighted by molar-refractivity contribution is -0.135. The number of phenols is 4. The Labute approximate surface area is 627 Å². The van der Waals surface area contributed by atoms with Gasteiger partial charge in [0.15, 0.2) is 11.9 Å². The van der Waals surface area contributed by atoms with Crippen LogP contribution in [0.5, 0.6) is 23.0 Å². The van der Waals surface area contributed by atoms with Gasteiger partial charge in [0, 0.05) is 51.6 Å². The maximum absolute atomic E-state index is 14.1. The normalized spacial score (nSPS) is 13.8. The van der Waals surface area contributed by atoms with E-state index in [-0.39, 0.29) is 137 Å². The Morgan fingerprint density at radius 1 is 0.315 bits per heavy atom. The first kappa shape index (κ1) is 88.7. The van der Waals surface area contributed by atoms with Gasteiger partial charge in [-0.2, -0.15) is 0 Å². The van der Waals surface area contributed by atoms with Crippen LogP contribution in [0.2, 0.25) is 0 Å². The summed E-state index contributed by atoms with van der Waals surface area (Å²) in [5.41, 5.74) is 24.4. The molecule has 4 aromatic carbocycles. The average Bonchev–Trinajstić information content (AvgIpc) is 0.869. The highest BCUT2D eigenvalue weighted by Crippen LogP contribution is 2.18. The number of nitrogens with two attached hydrogens (primary N) is 4. The zero-order valence-corrected chi connectivity index (χ0v) is 61.9. The van der Waals surface area contributed by atoms with Crippen molar-refractivity contribution in [3.05, 3.63) is 119 Å². The van der Waals surface area contributed by atoms with Crippen LogP contribution in [0.25, 0.3) is 0 Å². The molecule has 12 amide bonds. The van der Waals surface area contributed by atoms with Crippen molar-refractivity contribution in [2.45, 2.75) is 205 Å². The zero-order valence-electron chi connectivity index (χ0n) is 61.9. The number of primary amides is 2. The van der Waals surface area contributed by atoms with E-state index in [9.17, 15) is 78.0 Å². The number of rotatable bonds is 47. The van der Waals surface area contributed by atoms with Crippen LogP contribution in [-0.2, 0) is 83.2 Å². The Morgan fingerprint density at radius 2 is 0.565 bits per heavy atom. The molecule has 0 bridgehead atoms. The summed E-state index contributed by atoms with van der Waals surface area (Å²) in [5.74, 6) is -10.2. The molecule has 0 aliphatic rings. The van der Waals surface area contributed by atoms with Gasteiger partial charge in [0.1, 0.15) is 83.4 Å². The van der Waals surface area contributed by atoms with Crippen molar-refractivity contribution in [1.29, 1.82) is 10.8 Å². The fraction of sp³-hybridized carbons (Fsp3) is 0.486. The molecule has 590 valence electrons. The predicted molar refractivity (Wildman–Crippen MR) is 401 cm³/mol. The summed E-state index contributed by atoms with van der Waals surface area (Å²) in [6.07, 6.45) is 1.68. The molecule has 0 aliphatic heterocycles. The lowest BCUT2D eigenvalue weighted by atomic mass is 10.0. The number of carbonyl (C=O) groups is 12. The molecule has 0 unspecified atom stereocenters. The number of unbranched alkanes of at least 4 members (excludes halogenated alkanes) is 3. The van der Waals surface area contributed by atoms with Crippen molar-refractivity contribution in [3.63, 3.8) is 0 Å². The maximum atomic E-state index is 14.1. The van der Waals surface area contributed by atoms with E-state index >= 15 is 0 Å². The van der Waals surface area contributed by atoms with E-state index < -0.39 is 131 Å². The van der Waals surface area contributed by atoms with Gasteiger partial charge in [-0.3, -0.25) is 68.4 Å². The maximum Gasteiger partial charge on any atom is 0.243 e. The molecular formula is C74H108N18O16. The second-order valence-corrected chi connectivity index (χ2v) is 27.5. The lowest BCUT2D eigenvalue weighted by Crippen LogP contribution is -2.59. The van der Waals surface area contributed by atoms with Gasteiger partial charge in [-0.1, -0.05) is 89.1 Å². The quantitative estimate of drug-likeness (QED) is 0.0152. The summed E-state index contributed by atoms with van der Waals surface area (Å²) < 4.78 is 0. The van der Waals surface area contributed by atoms with Gasteiger partial charge in [-0.05, 0) is 148 Å². The van der Waals surface area contributed by atoms with Crippen molar-refractivity contribution >= 4 is 82.8 Å². The number of carbonyl (C=O) groups excluding carboxylic acids is 12. The van der Waals surface area contributed by atoms with Gasteiger partial charge in [-0.25, -0.2) is 0 Å².